The van der Waals surface area contributed by atoms with Gasteiger partial charge in [0.15, 0.2) is 0 Å². The van der Waals surface area contributed by atoms with Gasteiger partial charge in [0.05, 0.1) is 12.6 Å². The second-order valence-corrected chi connectivity index (χ2v) is 8.75. The molecule has 1 aromatic rings. The van der Waals surface area contributed by atoms with Crippen LogP contribution in [0.5, 0.6) is 5.75 Å². The van der Waals surface area contributed by atoms with Crippen molar-refractivity contribution in [2.24, 2.45) is 0 Å². The van der Waals surface area contributed by atoms with Crippen LogP contribution in [0, 0.1) is 0 Å². The standard InChI is InChI=1S/C22H27N3O5/c26-15-12-23(13-15)18-4-1-2-5-19(18)30-16-8-9-17-14(10-16)11-24(22(17)29)25-20(27)6-3-7-21(25)28/h8-10,15,18-19,26H,1-7,11-13H2/t18-,19-/m0/s1. The molecule has 0 unspecified atom stereocenters. The molecule has 160 valence electrons. The number of carbonyl (C=O) groups is 3. The Morgan fingerprint density at radius 3 is 2.43 bits per heavy atom. The van der Waals surface area contributed by atoms with Gasteiger partial charge in [0.2, 0.25) is 11.8 Å². The van der Waals surface area contributed by atoms with E-state index in [1.807, 2.05) is 6.07 Å². The molecule has 4 aliphatic rings. The molecule has 0 spiro atoms. The van der Waals surface area contributed by atoms with Gasteiger partial charge < -0.3 is 9.84 Å². The van der Waals surface area contributed by atoms with Gasteiger partial charge in [0, 0.05) is 37.5 Å². The molecule has 1 aromatic carbocycles. The van der Waals surface area contributed by atoms with Crippen LogP contribution in [0.2, 0.25) is 0 Å². The minimum atomic E-state index is -0.315. The molecule has 3 fully saturated rings. The Morgan fingerprint density at radius 2 is 1.70 bits per heavy atom. The van der Waals surface area contributed by atoms with Gasteiger partial charge in [-0.05, 0) is 49.4 Å². The van der Waals surface area contributed by atoms with E-state index in [9.17, 15) is 19.5 Å². The number of ether oxygens (including phenoxy) is 1. The van der Waals surface area contributed by atoms with E-state index in [4.69, 9.17) is 4.74 Å². The van der Waals surface area contributed by atoms with E-state index >= 15 is 0 Å². The second kappa shape index (κ2) is 7.67. The van der Waals surface area contributed by atoms with Crippen LogP contribution in [0.1, 0.15) is 60.9 Å². The number of hydrazine groups is 1. The third-order valence-corrected chi connectivity index (χ3v) is 6.67. The topological polar surface area (TPSA) is 90.4 Å². The van der Waals surface area contributed by atoms with Crippen LogP contribution in [0.25, 0.3) is 0 Å². The zero-order chi connectivity index (χ0) is 20.8. The summed E-state index contributed by atoms with van der Waals surface area (Å²) in [6.45, 7) is 1.61. The SMILES string of the molecule is O=C1c2ccc(O[C@H]3CCCC[C@@H]3N3CC(O)C3)cc2CN1N1C(=O)CCCC1=O. The highest BCUT2D eigenvalue weighted by molar-refractivity contribution is 6.04. The summed E-state index contributed by atoms with van der Waals surface area (Å²) < 4.78 is 6.34. The van der Waals surface area contributed by atoms with Crippen molar-refractivity contribution in [3.63, 3.8) is 0 Å². The summed E-state index contributed by atoms with van der Waals surface area (Å²) in [5, 5.41) is 11.9. The maximum absolute atomic E-state index is 12.8. The van der Waals surface area contributed by atoms with Crippen molar-refractivity contribution in [3.05, 3.63) is 29.3 Å². The Morgan fingerprint density at radius 1 is 0.967 bits per heavy atom. The molecule has 1 aliphatic carbocycles. The van der Waals surface area contributed by atoms with Gasteiger partial charge >= 0.3 is 0 Å². The summed E-state index contributed by atoms with van der Waals surface area (Å²) in [5.41, 5.74) is 1.29. The molecule has 0 radical (unpaired) electrons. The van der Waals surface area contributed by atoms with Crippen molar-refractivity contribution < 1.29 is 24.2 Å². The Hall–Kier alpha value is -2.45. The summed E-state index contributed by atoms with van der Waals surface area (Å²) in [5.74, 6) is -0.237. The van der Waals surface area contributed by atoms with Crippen LogP contribution < -0.4 is 4.74 Å². The maximum atomic E-state index is 12.8. The fourth-order valence-electron chi connectivity index (χ4n) is 5.09. The zero-order valence-electron chi connectivity index (χ0n) is 17.0. The first-order valence-corrected chi connectivity index (χ1v) is 10.9. The van der Waals surface area contributed by atoms with Crippen LogP contribution in [0.3, 0.4) is 0 Å². The average Bonchev–Trinajstić information content (AvgIpc) is 3.02. The number of piperidine rings is 1. The summed E-state index contributed by atoms with van der Waals surface area (Å²) in [6, 6.07) is 5.70. The van der Waals surface area contributed by atoms with Crippen LogP contribution >= 0.6 is 0 Å². The Kier molecular flexibility index (Phi) is 4.99. The molecule has 3 heterocycles. The normalized spacial score (nSPS) is 28.0. The predicted molar refractivity (Wildman–Crippen MR) is 106 cm³/mol. The van der Waals surface area contributed by atoms with Crippen molar-refractivity contribution in [3.8, 4) is 5.75 Å². The van der Waals surface area contributed by atoms with Crippen LogP contribution in [-0.4, -0.2) is 69.1 Å². The molecule has 8 nitrogen and oxygen atoms in total. The fraction of sp³-hybridized carbons (Fsp3) is 0.591. The van der Waals surface area contributed by atoms with Gasteiger partial charge in [-0.3, -0.25) is 19.3 Å². The number of likely N-dealkylation sites (tertiary alicyclic amines) is 1. The number of hydrogen-bond acceptors (Lipinski definition) is 6. The Labute approximate surface area is 175 Å². The third-order valence-electron chi connectivity index (χ3n) is 6.67. The van der Waals surface area contributed by atoms with Gasteiger partial charge in [0.1, 0.15) is 11.9 Å². The van der Waals surface area contributed by atoms with Gasteiger partial charge in [0.25, 0.3) is 5.91 Å². The molecule has 8 heteroatoms. The van der Waals surface area contributed by atoms with Gasteiger partial charge in [-0.25, -0.2) is 5.01 Å². The number of aliphatic hydroxyl groups is 1. The lowest BCUT2D eigenvalue weighted by Crippen LogP contribution is -2.60. The molecule has 30 heavy (non-hydrogen) atoms. The number of imide groups is 1. The minimum Gasteiger partial charge on any atom is -0.489 e. The molecule has 5 rings (SSSR count). The minimum absolute atomic E-state index is 0.0581. The molecule has 2 atom stereocenters. The Balaban J connectivity index is 1.31. The zero-order valence-corrected chi connectivity index (χ0v) is 17.0. The number of hydrogen-bond donors (Lipinski definition) is 1. The van der Waals surface area contributed by atoms with Gasteiger partial charge in [-0.1, -0.05) is 6.42 Å². The molecule has 0 bridgehead atoms. The van der Waals surface area contributed by atoms with Gasteiger partial charge in [-0.15, -0.1) is 0 Å². The largest absolute Gasteiger partial charge is 0.489 e. The van der Waals surface area contributed by atoms with E-state index in [0.717, 1.165) is 29.8 Å². The highest BCUT2D eigenvalue weighted by atomic mass is 16.5. The number of benzene rings is 1. The quantitative estimate of drug-likeness (QED) is 0.752. The smallest absolute Gasteiger partial charge is 0.273 e. The Bertz CT molecular complexity index is 866. The van der Waals surface area contributed by atoms with Crippen molar-refractivity contribution in [1.82, 2.24) is 14.9 Å². The lowest BCUT2D eigenvalue weighted by molar-refractivity contribution is -0.163. The highest BCUT2D eigenvalue weighted by Gasteiger charge is 2.40. The van der Waals surface area contributed by atoms with E-state index < -0.39 is 0 Å². The number of aliphatic hydroxyl groups excluding tert-OH is 1. The first kappa shape index (κ1) is 19.5. The van der Waals surface area contributed by atoms with Crippen molar-refractivity contribution >= 4 is 17.7 Å². The van der Waals surface area contributed by atoms with E-state index in [1.165, 1.54) is 11.4 Å². The summed E-state index contributed by atoms with van der Waals surface area (Å²) in [6.07, 6.45) is 5.26. The highest BCUT2D eigenvalue weighted by Crippen LogP contribution is 2.33. The van der Waals surface area contributed by atoms with Crippen molar-refractivity contribution in [2.45, 2.75) is 69.7 Å². The summed E-state index contributed by atoms with van der Waals surface area (Å²) in [4.78, 5) is 39.6. The molecule has 0 aromatic heterocycles. The summed E-state index contributed by atoms with van der Waals surface area (Å²) >= 11 is 0. The van der Waals surface area contributed by atoms with Crippen LogP contribution in [0.15, 0.2) is 18.2 Å². The molecular weight excluding hydrogens is 386 g/mol. The average molecular weight is 413 g/mol. The van der Waals surface area contributed by atoms with E-state index in [0.29, 0.717) is 36.9 Å². The van der Waals surface area contributed by atoms with Crippen molar-refractivity contribution in [2.75, 3.05) is 13.1 Å². The maximum Gasteiger partial charge on any atom is 0.273 e. The third kappa shape index (κ3) is 3.37. The van der Waals surface area contributed by atoms with E-state index in [1.54, 1.807) is 12.1 Å². The van der Waals surface area contributed by atoms with E-state index in [-0.39, 0.29) is 49.3 Å². The molecule has 3 aliphatic heterocycles. The number of nitrogens with zero attached hydrogens (tertiary/aromatic N) is 3. The number of rotatable bonds is 4. The number of amides is 3. The molecule has 2 saturated heterocycles. The first-order valence-electron chi connectivity index (χ1n) is 10.9. The first-order chi connectivity index (χ1) is 14.5. The monoisotopic (exact) mass is 413 g/mol. The van der Waals surface area contributed by atoms with Gasteiger partial charge in [-0.2, -0.15) is 5.01 Å². The second-order valence-electron chi connectivity index (χ2n) is 8.75. The van der Waals surface area contributed by atoms with Crippen molar-refractivity contribution in [1.29, 1.82) is 0 Å². The van der Waals surface area contributed by atoms with E-state index in [2.05, 4.69) is 4.90 Å². The van der Waals surface area contributed by atoms with Crippen LogP contribution in [-0.2, 0) is 16.1 Å². The number of β-amino-alcohol motifs (C(OH)–C–C–N with tert-alkyl or cyclic N) is 1. The number of fused-ring (bicyclic) bond motifs is 1. The molecule has 1 N–H and O–H groups in total. The molecule has 1 saturated carbocycles. The van der Waals surface area contributed by atoms with Crippen LogP contribution in [0.4, 0.5) is 0 Å². The number of carbonyl (C=O) groups excluding carboxylic acids is 3. The lowest BCUT2D eigenvalue weighted by Gasteiger charge is -2.46. The molecular formula is C22H27N3O5. The fourth-order valence-corrected chi connectivity index (χ4v) is 5.09. The lowest BCUT2D eigenvalue weighted by atomic mass is 9.89. The summed E-state index contributed by atoms with van der Waals surface area (Å²) in [7, 11) is 0. The molecule has 3 amide bonds. The predicted octanol–water partition coefficient (Wildman–Crippen LogP) is 1.46.